The van der Waals surface area contributed by atoms with Crippen molar-refractivity contribution in [2.45, 2.75) is 13.3 Å². The molecule has 0 aromatic carbocycles. The Bertz CT molecular complexity index is 925. The van der Waals surface area contributed by atoms with E-state index in [0.717, 1.165) is 40.6 Å². The van der Waals surface area contributed by atoms with Gasteiger partial charge < -0.3 is 0 Å². The molecule has 1 aliphatic rings. The number of allylic oxidation sites excluding steroid dienone is 4. The van der Waals surface area contributed by atoms with Crippen molar-refractivity contribution in [1.82, 2.24) is 14.8 Å². The van der Waals surface area contributed by atoms with E-state index in [2.05, 4.69) is 39.4 Å². The van der Waals surface area contributed by atoms with Crippen LogP contribution in [-0.4, -0.2) is 27.2 Å². The summed E-state index contributed by atoms with van der Waals surface area (Å²) >= 11 is 0. The first kappa shape index (κ1) is 16.5. The molecule has 0 unspecified atom stereocenters. The quantitative estimate of drug-likeness (QED) is 0.773. The Balaban J connectivity index is 1.96. The van der Waals surface area contributed by atoms with Gasteiger partial charge in [0, 0.05) is 30.2 Å². The molecule has 0 N–H and O–H groups in total. The average molecular weight is 329 g/mol. The Hall–Kier alpha value is -3.34. The molecule has 2 heterocycles. The number of pyridine rings is 1. The lowest BCUT2D eigenvalue weighted by Gasteiger charge is -2.11. The molecule has 0 atom stereocenters. The lowest BCUT2D eigenvalue weighted by molar-refractivity contribution is 0.826. The summed E-state index contributed by atoms with van der Waals surface area (Å²) in [5.41, 5.74) is 4.78. The molecule has 0 saturated heterocycles. The highest BCUT2D eigenvalue weighted by molar-refractivity contribution is 6.01. The van der Waals surface area contributed by atoms with E-state index in [1.54, 1.807) is 18.5 Å². The zero-order valence-electron chi connectivity index (χ0n) is 14.1. The van der Waals surface area contributed by atoms with Crippen LogP contribution in [0.5, 0.6) is 0 Å². The second kappa shape index (κ2) is 7.49. The third kappa shape index (κ3) is 3.77. The molecule has 2 aromatic rings. The summed E-state index contributed by atoms with van der Waals surface area (Å²) in [5.74, 6) is 0.789. The van der Waals surface area contributed by atoms with Gasteiger partial charge in [0.05, 0.1) is 11.4 Å². The number of aryl methyl sites for hydroxylation is 1. The molecule has 25 heavy (non-hydrogen) atoms. The first-order valence-corrected chi connectivity index (χ1v) is 7.94. The number of hydrogen-bond donors (Lipinski definition) is 0. The van der Waals surface area contributed by atoms with E-state index in [1.165, 1.54) is 0 Å². The van der Waals surface area contributed by atoms with Crippen molar-refractivity contribution >= 4 is 24.1 Å². The van der Waals surface area contributed by atoms with Gasteiger partial charge in [-0.15, -0.1) is 0 Å². The molecule has 3 rings (SSSR count). The van der Waals surface area contributed by atoms with Crippen LogP contribution in [0.15, 0.2) is 71.5 Å². The summed E-state index contributed by atoms with van der Waals surface area (Å²) in [6, 6.07) is 7.90. The molecule has 124 valence electrons. The highest BCUT2D eigenvalue weighted by Crippen LogP contribution is 2.24. The van der Waals surface area contributed by atoms with Crippen LogP contribution in [0.2, 0.25) is 0 Å². The highest BCUT2D eigenvalue weighted by atomic mass is 15.3. The van der Waals surface area contributed by atoms with Crippen molar-refractivity contribution in [1.29, 1.82) is 0 Å². The molecule has 1 aliphatic carbocycles. The Morgan fingerprint density at radius 1 is 1.24 bits per heavy atom. The molecule has 0 spiro atoms. The molecule has 5 nitrogen and oxygen atoms in total. The zero-order valence-corrected chi connectivity index (χ0v) is 14.1. The summed E-state index contributed by atoms with van der Waals surface area (Å²) in [5, 5.41) is 4.60. The van der Waals surface area contributed by atoms with Crippen LogP contribution < -0.4 is 0 Å². The van der Waals surface area contributed by atoms with E-state index in [1.807, 2.05) is 48.0 Å². The monoisotopic (exact) mass is 329 g/mol. The van der Waals surface area contributed by atoms with Gasteiger partial charge in [0.2, 0.25) is 0 Å². The fourth-order valence-corrected chi connectivity index (χ4v) is 2.52. The van der Waals surface area contributed by atoms with Crippen molar-refractivity contribution in [3.63, 3.8) is 0 Å². The average Bonchev–Trinajstić information content (AvgIpc) is 3.07. The van der Waals surface area contributed by atoms with Gasteiger partial charge in [-0.05, 0) is 49.6 Å². The Kier molecular flexibility index (Phi) is 4.95. The van der Waals surface area contributed by atoms with Crippen molar-refractivity contribution in [3.8, 4) is 5.82 Å². The first-order valence-electron chi connectivity index (χ1n) is 7.94. The summed E-state index contributed by atoms with van der Waals surface area (Å²) in [6.07, 6.45) is 11.8. The topological polar surface area (TPSA) is 55.4 Å². The lowest BCUT2D eigenvalue weighted by atomic mass is 10.0. The van der Waals surface area contributed by atoms with E-state index in [4.69, 9.17) is 0 Å². The molecule has 0 fully saturated rings. The van der Waals surface area contributed by atoms with Gasteiger partial charge in [-0.1, -0.05) is 24.8 Å². The molecule has 0 saturated carbocycles. The van der Waals surface area contributed by atoms with Crippen LogP contribution in [-0.2, 0) is 0 Å². The van der Waals surface area contributed by atoms with Crippen LogP contribution in [0.4, 0.5) is 0 Å². The molecule has 2 aromatic heterocycles. The molecule has 0 aliphatic heterocycles. The SMILES string of the molecule is C=Cc1cc(C2=CC/C(=N\C=C/N=C)C=C2)n(-c2cccc(C)n2)n1. The van der Waals surface area contributed by atoms with Crippen molar-refractivity contribution < 1.29 is 0 Å². The summed E-state index contributed by atoms with van der Waals surface area (Å²) in [7, 11) is 0. The smallest absolute Gasteiger partial charge is 0.154 e. The molecular weight excluding hydrogens is 310 g/mol. The van der Waals surface area contributed by atoms with Crippen LogP contribution in [0, 0.1) is 6.92 Å². The fourth-order valence-electron chi connectivity index (χ4n) is 2.52. The van der Waals surface area contributed by atoms with Gasteiger partial charge in [0.15, 0.2) is 5.82 Å². The Morgan fingerprint density at radius 3 is 2.80 bits per heavy atom. The Labute approximate surface area is 147 Å². The minimum absolute atomic E-state index is 0.739. The van der Waals surface area contributed by atoms with Crippen LogP contribution >= 0.6 is 0 Å². The second-order valence-electron chi connectivity index (χ2n) is 5.51. The molecule has 0 radical (unpaired) electrons. The normalized spacial score (nSPS) is 15.6. The predicted octanol–water partition coefficient (Wildman–Crippen LogP) is 4.17. The van der Waals surface area contributed by atoms with E-state index in [-0.39, 0.29) is 0 Å². The maximum absolute atomic E-state index is 4.60. The van der Waals surface area contributed by atoms with Gasteiger partial charge in [0.1, 0.15) is 0 Å². The maximum atomic E-state index is 4.60. The fraction of sp³-hybridized carbons (Fsp3) is 0.100. The summed E-state index contributed by atoms with van der Waals surface area (Å²) in [6.45, 7) is 9.18. The van der Waals surface area contributed by atoms with Gasteiger partial charge >= 0.3 is 0 Å². The molecular formula is C20H19N5. The molecule has 5 heteroatoms. The van der Waals surface area contributed by atoms with E-state index < -0.39 is 0 Å². The number of aromatic nitrogens is 3. The van der Waals surface area contributed by atoms with Crippen molar-refractivity contribution in [3.05, 3.63) is 78.6 Å². The Morgan fingerprint density at radius 2 is 2.12 bits per heavy atom. The predicted molar refractivity (Wildman–Crippen MR) is 104 cm³/mol. The molecule has 0 bridgehead atoms. The highest BCUT2D eigenvalue weighted by Gasteiger charge is 2.14. The van der Waals surface area contributed by atoms with E-state index >= 15 is 0 Å². The van der Waals surface area contributed by atoms with E-state index in [0.29, 0.717) is 0 Å². The third-order valence-corrected chi connectivity index (χ3v) is 3.72. The van der Waals surface area contributed by atoms with Gasteiger partial charge in [-0.3, -0.25) is 9.98 Å². The van der Waals surface area contributed by atoms with Crippen molar-refractivity contribution in [2.75, 3.05) is 0 Å². The largest absolute Gasteiger partial charge is 0.271 e. The lowest BCUT2D eigenvalue weighted by Crippen LogP contribution is -2.06. The first-order chi connectivity index (χ1) is 12.2. The van der Waals surface area contributed by atoms with Crippen LogP contribution in [0.1, 0.15) is 23.5 Å². The third-order valence-electron chi connectivity index (χ3n) is 3.72. The maximum Gasteiger partial charge on any atom is 0.154 e. The minimum atomic E-state index is 0.739. The van der Waals surface area contributed by atoms with Crippen LogP contribution in [0.25, 0.3) is 17.5 Å². The van der Waals surface area contributed by atoms with Gasteiger partial charge in [0.25, 0.3) is 0 Å². The van der Waals surface area contributed by atoms with E-state index in [9.17, 15) is 0 Å². The minimum Gasteiger partial charge on any atom is -0.271 e. The number of aliphatic imine (C=N–C) groups is 2. The zero-order chi connectivity index (χ0) is 17.6. The van der Waals surface area contributed by atoms with Gasteiger partial charge in [-0.25, -0.2) is 9.67 Å². The van der Waals surface area contributed by atoms with Crippen LogP contribution in [0.3, 0.4) is 0 Å². The number of hydrogen-bond acceptors (Lipinski definition) is 4. The van der Waals surface area contributed by atoms with Crippen molar-refractivity contribution in [2.24, 2.45) is 9.98 Å². The second-order valence-corrected chi connectivity index (χ2v) is 5.51. The summed E-state index contributed by atoms with van der Waals surface area (Å²) < 4.78 is 1.85. The number of nitrogens with zero attached hydrogens (tertiary/aromatic N) is 5. The summed E-state index contributed by atoms with van der Waals surface area (Å²) in [4.78, 5) is 12.6. The molecule has 0 amide bonds. The van der Waals surface area contributed by atoms with Gasteiger partial charge in [-0.2, -0.15) is 5.10 Å². The standard InChI is InChI=1S/C20H19N5/c1-4-17-14-19(25(24-17)20-7-5-6-15(2)23-20)16-8-10-18(11-9-16)22-13-12-21-3/h4-10,12-14H,1,3,11H2,2H3/b13-12-,22-18-. The number of rotatable bonds is 5.